The number of sulfonamides is 1. The van der Waals surface area contributed by atoms with Gasteiger partial charge in [0.05, 0.1) is 3.79 Å². The Hall–Kier alpha value is -0.970. The Bertz CT molecular complexity index is 721. The van der Waals surface area contributed by atoms with Crippen LogP contribution in [0.4, 0.5) is 0 Å². The average molecular weight is 422 g/mol. The molecule has 0 atom stereocenters. The minimum atomic E-state index is -3.54. The van der Waals surface area contributed by atoms with Crippen LogP contribution in [0.5, 0.6) is 0 Å². The quantitative estimate of drug-likeness (QED) is 0.724. The Morgan fingerprint density at radius 1 is 1.17 bits per heavy atom. The highest BCUT2D eigenvalue weighted by Crippen LogP contribution is 2.29. The first-order chi connectivity index (χ1) is 10.9. The first-order valence-electron chi connectivity index (χ1n) is 7.23. The van der Waals surface area contributed by atoms with Crippen LogP contribution in [0.2, 0.25) is 0 Å². The van der Waals surface area contributed by atoms with Crippen LogP contribution in [0.1, 0.15) is 12.8 Å². The van der Waals surface area contributed by atoms with E-state index < -0.39 is 21.8 Å². The maximum Gasteiger partial charge on any atom is 0.311 e. The third kappa shape index (κ3) is 3.76. The summed E-state index contributed by atoms with van der Waals surface area (Å²) in [4.78, 5) is 25.2. The van der Waals surface area contributed by atoms with Crippen LogP contribution >= 0.6 is 27.3 Å². The molecule has 23 heavy (non-hydrogen) atoms. The van der Waals surface area contributed by atoms with Crippen molar-refractivity contribution in [1.29, 1.82) is 0 Å². The lowest BCUT2D eigenvalue weighted by Gasteiger charge is -2.33. The Morgan fingerprint density at radius 3 is 2.35 bits per heavy atom. The van der Waals surface area contributed by atoms with Gasteiger partial charge >= 0.3 is 11.8 Å². The standard InChI is InChI=1S/C13H16BrN3O4S2/c14-10-3-4-11(22-10)23(20,21)17-7-5-16(6-8-17)13(19)12(18)15-9-1-2-9/h3-4,9H,1-2,5-8H2,(H,15,18). The maximum atomic E-state index is 12.5. The summed E-state index contributed by atoms with van der Waals surface area (Å²) in [5.74, 6) is -1.17. The van der Waals surface area contributed by atoms with Crippen LogP contribution in [-0.4, -0.2) is 61.7 Å². The number of hydrogen-bond donors (Lipinski definition) is 1. The number of hydrogen-bond acceptors (Lipinski definition) is 5. The van der Waals surface area contributed by atoms with Crippen molar-refractivity contribution < 1.29 is 18.0 Å². The highest BCUT2D eigenvalue weighted by molar-refractivity contribution is 9.11. The van der Waals surface area contributed by atoms with Crippen LogP contribution in [0.25, 0.3) is 0 Å². The van der Waals surface area contributed by atoms with Crippen molar-refractivity contribution in [2.75, 3.05) is 26.2 Å². The number of carbonyl (C=O) groups excluding carboxylic acids is 2. The molecule has 2 fully saturated rings. The van der Waals surface area contributed by atoms with Crippen LogP contribution in [0, 0.1) is 0 Å². The molecule has 2 heterocycles. The van der Waals surface area contributed by atoms with Gasteiger partial charge in [-0.3, -0.25) is 9.59 Å². The van der Waals surface area contributed by atoms with Gasteiger partial charge in [-0.15, -0.1) is 11.3 Å². The molecule has 1 N–H and O–H groups in total. The van der Waals surface area contributed by atoms with Gasteiger partial charge in [-0.2, -0.15) is 4.31 Å². The molecule has 3 rings (SSSR count). The molecule has 1 aliphatic carbocycles. The van der Waals surface area contributed by atoms with E-state index in [4.69, 9.17) is 0 Å². The van der Waals surface area contributed by atoms with Crippen molar-refractivity contribution in [1.82, 2.24) is 14.5 Å². The van der Waals surface area contributed by atoms with Crippen LogP contribution < -0.4 is 5.32 Å². The van der Waals surface area contributed by atoms with Gasteiger partial charge in [0.2, 0.25) is 0 Å². The molecule has 0 radical (unpaired) electrons. The zero-order chi connectivity index (χ0) is 16.6. The molecular weight excluding hydrogens is 406 g/mol. The molecule has 1 aromatic rings. The summed E-state index contributed by atoms with van der Waals surface area (Å²) in [6.07, 6.45) is 1.84. The number of nitrogens with zero attached hydrogens (tertiary/aromatic N) is 2. The van der Waals surface area contributed by atoms with E-state index >= 15 is 0 Å². The van der Waals surface area contributed by atoms with Gasteiger partial charge in [-0.05, 0) is 40.9 Å². The zero-order valence-electron chi connectivity index (χ0n) is 12.2. The topological polar surface area (TPSA) is 86.8 Å². The van der Waals surface area contributed by atoms with E-state index in [1.165, 1.54) is 9.21 Å². The summed E-state index contributed by atoms with van der Waals surface area (Å²) >= 11 is 4.41. The van der Waals surface area contributed by atoms with Crippen molar-refractivity contribution in [3.8, 4) is 0 Å². The van der Waals surface area contributed by atoms with Gasteiger partial charge in [0, 0.05) is 32.2 Å². The summed E-state index contributed by atoms with van der Waals surface area (Å²) in [5.41, 5.74) is 0. The lowest BCUT2D eigenvalue weighted by molar-refractivity contribution is -0.146. The fourth-order valence-corrected chi connectivity index (χ4v) is 5.90. The molecule has 0 bridgehead atoms. The van der Waals surface area contributed by atoms with Crippen molar-refractivity contribution in [3.05, 3.63) is 15.9 Å². The number of amides is 2. The van der Waals surface area contributed by atoms with Crippen molar-refractivity contribution in [2.45, 2.75) is 23.1 Å². The summed E-state index contributed by atoms with van der Waals surface area (Å²) in [7, 11) is -3.54. The minimum absolute atomic E-state index is 0.130. The molecule has 0 unspecified atom stereocenters. The van der Waals surface area contributed by atoms with Crippen LogP contribution in [0.15, 0.2) is 20.1 Å². The summed E-state index contributed by atoms with van der Waals surface area (Å²) in [6, 6.07) is 3.38. The van der Waals surface area contributed by atoms with E-state index in [0.717, 1.165) is 28.0 Å². The SMILES string of the molecule is O=C(NC1CC1)C(=O)N1CCN(S(=O)(=O)c2ccc(Br)s2)CC1. The summed E-state index contributed by atoms with van der Waals surface area (Å²) < 4.78 is 27.4. The number of piperazine rings is 1. The number of carbonyl (C=O) groups is 2. The maximum absolute atomic E-state index is 12.5. The van der Waals surface area contributed by atoms with E-state index in [9.17, 15) is 18.0 Å². The Balaban J connectivity index is 1.59. The fourth-order valence-electron chi connectivity index (χ4n) is 2.31. The highest BCUT2D eigenvalue weighted by atomic mass is 79.9. The van der Waals surface area contributed by atoms with Crippen molar-refractivity contribution in [3.63, 3.8) is 0 Å². The lowest BCUT2D eigenvalue weighted by Crippen LogP contribution is -2.53. The second kappa shape index (κ2) is 6.50. The van der Waals surface area contributed by atoms with Gasteiger partial charge in [0.25, 0.3) is 10.0 Å². The Labute approximate surface area is 146 Å². The Kier molecular flexibility index (Phi) is 4.77. The summed E-state index contributed by atoms with van der Waals surface area (Å²) in [6.45, 7) is 0.839. The van der Waals surface area contributed by atoms with E-state index in [-0.39, 0.29) is 36.4 Å². The molecule has 1 saturated carbocycles. The predicted octanol–water partition coefficient (Wildman–Crippen LogP) is 0.622. The number of halogens is 1. The number of thiophene rings is 1. The van der Waals surface area contributed by atoms with E-state index in [1.807, 2.05) is 0 Å². The molecule has 1 saturated heterocycles. The third-order valence-corrected chi connectivity index (χ3v) is 7.77. The first kappa shape index (κ1) is 16.9. The molecule has 7 nitrogen and oxygen atoms in total. The molecule has 0 aromatic carbocycles. The fraction of sp³-hybridized carbons (Fsp3) is 0.538. The van der Waals surface area contributed by atoms with Gasteiger partial charge in [-0.25, -0.2) is 8.42 Å². The highest BCUT2D eigenvalue weighted by Gasteiger charge is 2.34. The van der Waals surface area contributed by atoms with Crippen molar-refractivity contribution >= 4 is 49.1 Å². The Morgan fingerprint density at radius 2 is 1.83 bits per heavy atom. The molecule has 2 aliphatic rings. The molecule has 1 aromatic heterocycles. The average Bonchev–Trinajstić information content (AvgIpc) is 3.23. The molecule has 0 spiro atoms. The van der Waals surface area contributed by atoms with Crippen molar-refractivity contribution in [2.24, 2.45) is 0 Å². The van der Waals surface area contributed by atoms with Crippen LogP contribution in [0.3, 0.4) is 0 Å². The molecular formula is C13H16BrN3O4S2. The zero-order valence-corrected chi connectivity index (χ0v) is 15.4. The molecule has 1 aliphatic heterocycles. The monoisotopic (exact) mass is 421 g/mol. The molecule has 126 valence electrons. The van der Waals surface area contributed by atoms with Gasteiger partial charge in [0.15, 0.2) is 0 Å². The van der Waals surface area contributed by atoms with E-state index in [0.29, 0.717) is 0 Å². The van der Waals surface area contributed by atoms with Gasteiger partial charge in [-0.1, -0.05) is 0 Å². The second-order valence-electron chi connectivity index (χ2n) is 5.50. The molecule has 10 heteroatoms. The lowest BCUT2D eigenvalue weighted by atomic mass is 10.3. The number of rotatable bonds is 3. The van der Waals surface area contributed by atoms with Crippen LogP contribution in [-0.2, 0) is 19.6 Å². The number of nitrogens with one attached hydrogen (secondary N) is 1. The second-order valence-corrected chi connectivity index (χ2v) is 10.1. The normalized spacial score (nSPS) is 19.6. The van der Waals surface area contributed by atoms with E-state index in [2.05, 4.69) is 21.2 Å². The minimum Gasteiger partial charge on any atom is -0.345 e. The van der Waals surface area contributed by atoms with Gasteiger partial charge < -0.3 is 10.2 Å². The predicted molar refractivity (Wildman–Crippen MR) is 88.5 cm³/mol. The largest absolute Gasteiger partial charge is 0.345 e. The molecule has 2 amide bonds. The summed E-state index contributed by atoms with van der Waals surface area (Å²) in [5, 5.41) is 2.66. The van der Waals surface area contributed by atoms with Gasteiger partial charge in [0.1, 0.15) is 4.21 Å². The smallest absolute Gasteiger partial charge is 0.311 e. The first-order valence-corrected chi connectivity index (χ1v) is 10.3. The van der Waals surface area contributed by atoms with E-state index in [1.54, 1.807) is 12.1 Å². The third-order valence-electron chi connectivity index (χ3n) is 3.78.